The zero-order valence-corrected chi connectivity index (χ0v) is 19.9. The lowest BCUT2D eigenvalue weighted by molar-refractivity contribution is -0.139. The molecule has 3 aromatic rings. The first kappa shape index (κ1) is 25.5. The number of anilines is 1. The molecule has 1 aromatic heterocycles. The minimum atomic E-state index is -1.49. The lowest BCUT2D eigenvalue weighted by atomic mass is 10.1. The summed E-state index contributed by atoms with van der Waals surface area (Å²) in [5.41, 5.74) is -0.846. The highest BCUT2D eigenvalue weighted by atomic mass is 35.5. The lowest BCUT2D eigenvalue weighted by Crippen LogP contribution is -2.43. The number of rotatable bonds is 7. The first-order chi connectivity index (χ1) is 16.1. The number of aliphatic carboxylic acids is 1. The number of carboxylic acid groups (broad SMARTS) is 1. The van der Waals surface area contributed by atoms with E-state index < -0.39 is 29.5 Å². The maximum Gasteiger partial charge on any atom is 0.346 e. The van der Waals surface area contributed by atoms with Crippen LogP contribution in [0, 0.1) is 0 Å². The number of H-pyrrole nitrogens is 1. The molecular weight excluding hydrogens is 530 g/mol. The number of nitrogens with zero attached hydrogens (tertiary/aromatic N) is 1. The minimum absolute atomic E-state index is 0.0319. The molecule has 1 heterocycles. The van der Waals surface area contributed by atoms with Crippen LogP contribution in [0.3, 0.4) is 0 Å². The second-order valence-electron chi connectivity index (χ2n) is 6.80. The van der Waals surface area contributed by atoms with Crippen molar-refractivity contribution in [1.82, 2.24) is 15.3 Å². The molecule has 3 rings (SSSR count). The number of carboxylic acids is 1. The molecule has 0 aliphatic rings. The zero-order chi connectivity index (χ0) is 25.0. The molecule has 0 bridgehead atoms. The Bertz CT molecular complexity index is 1300. The molecule has 176 valence electrons. The molecule has 9 nitrogen and oxygen atoms in total. The summed E-state index contributed by atoms with van der Waals surface area (Å²) < 4.78 is 0. The van der Waals surface area contributed by atoms with Gasteiger partial charge in [-0.25, -0.2) is 14.6 Å². The largest absolute Gasteiger partial charge is 0.480 e. The van der Waals surface area contributed by atoms with Gasteiger partial charge in [0.1, 0.15) is 11.9 Å². The van der Waals surface area contributed by atoms with Gasteiger partial charge in [-0.15, -0.1) is 0 Å². The van der Waals surface area contributed by atoms with Crippen LogP contribution in [0.5, 0.6) is 0 Å². The number of benzene rings is 2. The van der Waals surface area contributed by atoms with E-state index in [0.717, 1.165) is 6.20 Å². The molecule has 0 aliphatic carbocycles. The van der Waals surface area contributed by atoms with E-state index in [1.54, 1.807) is 6.07 Å². The van der Waals surface area contributed by atoms with Crippen LogP contribution in [0.2, 0.25) is 20.1 Å². The Labute approximate surface area is 212 Å². The number of nitrogens with one attached hydrogen (secondary N) is 3. The molecule has 2 aromatic carbocycles. The van der Waals surface area contributed by atoms with Crippen LogP contribution >= 0.6 is 46.4 Å². The molecule has 1 atom stereocenters. The molecule has 0 fully saturated rings. The van der Waals surface area contributed by atoms with Crippen molar-refractivity contribution in [2.45, 2.75) is 12.5 Å². The first-order valence-corrected chi connectivity index (χ1v) is 10.9. The van der Waals surface area contributed by atoms with Gasteiger partial charge >= 0.3 is 11.7 Å². The Morgan fingerprint density at radius 3 is 1.91 bits per heavy atom. The maximum atomic E-state index is 12.7. The average Bonchev–Trinajstić information content (AvgIpc) is 2.74. The fraction of sp³-hybridized carbons (Fsp3) is 0.0952. The maximum absolute atomic E-state index is 12.7. The molecular formula is C21H14Cl4N4O5. The smallest absolute Gasteiger partial charge is 0.346 e. The number of halogens is 4. The van der Waals surface area contributed by atoms with Crippen LogP contribution in [0.4, 0.5) is 5.82 Å². The van der Waals surface area contributed by atoms with E-state index in [4.69, 9.17) is 46.4 Å². The summed E-state index contributed by atoms with van der Waals surface area (Å²) in [7, 11) is 0. The summed E-state index contributed by atoms with van der Waals surface area (Å²) in [6, 6.07) is 7.35. The predicted octanol–water partition coefficient (Wildman–Crippen LogP) is 4.06. The van der Waals surface area contributed by atoms with Gasteiger partial charge in [-0.3, -0.25) is 14.6 Å². The Hall–Kier alpha value is -3.11. The third-order valence-corrected chi connectivity index (χ3v) is 5.80. The van der Waals surface area contributed by atoms with E-state index in [1.807, 2.05) is 0 Å². The van der Waals surface area contributed by atoms with Crippen molar-refractivity contribution in [1.29, 1.82) is 0 Å². The van der Waals surface area contributed by atoms with Crippen molar-refractivity contribution in [3.8, 4) is 0 Å². The van der Waals surface area contributed by atoms with Gasteiger partial charge in [0.05, 0.1) is 31.2 Å². The molecule has 0 spiro atoms. The summed E-state index contributed by atoms with van der Waals surface area (Å²) in [4.78, 5) is 54.9. The van der Waals surface area contributed by atoms with Gasteiger partial charge in [0, 0.05) is 18.2 Å². The van der Waals surface area contributed by atoms with Crippen molar-refractivity contribution in [2.24, 2.45) is 0 Å². The van der Waals surface area contributed by atoms with E-state index in [0.29, 0.717) is 0 Å². The number of carbonyl (C=O) groups excluding carboxylic acids is 2. The van der Waals surface area contributed by atoms with Crippen LogP contribution < -0.4 is 16.3 Å². The van der Waals surface area contributed by atoms with Crippen LogP contribution in [0.15, 0.2) is 47.4 Å². The number of carbonyl (C=O) groups is 3. The third kappa shape index (κ3) is 5.87. The molecule has 1 unspecified atom stereocenters. The van der Waals surface area contributed by atoms with Crippen molar-refractivity contribution in [2.75, 3.05) is 5.32 Å². The van der Waals surface area contributed by atoms with E-state index in [-0.39, 0.29) is 49.0 Å². The monoisotopic (exact) mass is 542 g/mol. The van der Waals surface area contributed by atoms with Gasteiger partial charge in [-0.1, -0.05) is 58.5 Å². The number of aromatic amines is 1. The van der Waals surface area contributed by atoms with Gasteiger partial charge in [-0.2, -0.15) is 0 Å². The molecule has 2 amide bonds. The summed E-state index contributed by atoms with van der Waals surface area (Å²) in [5, 5.41) is 14.6. The molecule has 4 N–H and O–H groups in total. The Kier molecular flexibility index (Phi) is 8.16. The van der Waals surface area contributed by atoms with E-state index >= 15 is 0 Å². The SMILES string of the molecule is O=C(Nc1[nH]c(=O)ncc1CC(NC(=O)c1c(Cl)cccc1Cl)C(=O)O)c1c(Cl)cccc1Cl. The van der Waals surface area contributed by atoms with E-state index in [1.165, 1.54) is 30.3 Å². The van der Waals surface area contributed by atoms with Crippen molar-refractivity contribution in [3.05, 3.63) is 89.9 Å². The second-order valence-corrected chi connectivity index (χ2v) is 8.43. The summed E-state index contributed by atoms with van der Waals surface area (Å²) in [5.74, 6) is -3.11. The fourth-order valence-corrected chi connectivity index (χ4v) is 4.08. The molecule has 0 radical (unpaired) electrons. The molecule has 0 saturated heterocycles. The topological polar surface area (TPSA) is 141 Å². The Morgan fingerprint density at radius 2 is 1.41 bits per heavy atom. The first-order valence-electron chi connectivity index (χ1n) is 9.39. The standard InChI is InChI=1S/C21H14Cl4N4O5/c22-10-3-1-4-11(23)15(10)18(30)27-14(20(32)33)7-9-8-26-21(34)29-17(9)28-19(31)16-12(24)5-2-6-13(16)25/h1-6,8,14H,7H2,(H,27,30)(H,32,33)(H2,26,28,29,31,34). The lowest BCUT2D eigenvalue weighted by Gasteiger charge is -2.17. The van der Waals surface area contributed by atoms with Gasteiger partial charge in [0.2, 0.25) is 0 Å². The second kappa shape index (κ2) is 10.9. The van der Waals surface area contributed by atoms with Crippen LogP contribution in [-0.2, 0) is 11.2 Å². The van der Waals surface area contributed by atoms with E-state index in [2.05, 4.69) is 20.6 Å². The normalized spacial score (nSPS) is 11.5. The Balaban J connectivity index is 1.89. The van der Waals surface area contributed by atoms with E-state index in [9.17, 15) is 24.3 Å². The molecule has 13 heteroatoms. The third-order valence-electron chi connectivity index (χ3n) is 4.54. The minimum Gasteiger partial charge on any atom is -0.480 e. The summed E-state index contributed by atoms with van der Waals surface area (Å²) >= 11 is 24.1. The number of hydrogen-bond donors (Lipinski definition) is 4. The van der Waals surface area contributed by atoms with Crippen molar-refractivity contribution in [3.63, 3.8) is 0 Å². The van der Waals surface area contributed by atoms with Crippen LogP contribution in [-0.4, -0.2) is 38.9 Å². The quantitative estimate of drug-likeness (QED) is 0.354. The van der Waals surface area contributed by atoms with Crippen LogP contribution in [0.25, 0.3) is 0 Å². The summed E-state index contributed by atoms with van der Waals surface area (Å²) in [6.45, 7) is 0. The number of aromatic nitrogens is 2. The van der Waals surface area contributed by atoms with Gasteiger partial charge in [0.15, 0.2) is 0 Å². The molecule has 0 aliphatic heterocycles. The Morgan fingerprint density at radius 1 is 0.912 bits per heavy atom. The highest BCUT2D eigenvalue weighted by Crippen LogP contribution is 2.26. The van der Waals surface area contributed by atoms with Crippen molar-refractivity contribution < 1.29 is 19.5 Å². The summed E-state index contributed by atoms with van der Waals surface area (Å²) in [6.07, 6.45) is 0.714. The fourth-order valence-electron chi connectivity index (χ4n) is 2.94. The highest BCUT2D eigenvalue weighted by molar-refractivity contribution is 6.40. The predicted molar refractivity (Wildman–Crippen MR) is 128 cm³/mol. The highest BCUT2D eigenvalue weighted by Gasteiger charge is 2.26. The number of amides is 2. The van der Waals surface area contributed by atoms with Gasteiger partial charge in [0.25, 0.3) is 11.8 Å². The van der Waals surface area contributed by atoms with Gasteiger partial charge in [-0.05, 0) is 24.3 Å². The van der Waals surface area contributed by atoms with Crippen LogP contribution in [0.1, 0.15) is 26.3 Å². The molecule has 0 saturated carbocycles. The van der Waals surface area contributed by atoms with Crippen molar-refractivity contribution >= 4 is 70.0 Å². The average molecular weight is 544 g/mol. The zero-order valence-electron chi connectivity index (χ0n) is 16.9. The number of hydrogen-bond acceptors (Lipinski definition) is 5. The van der Waals surface area contributed by atoms with Gasteiger partial charge < -0.3 is 15.7 Å². The molecule has 34 heavy (non-hydrogen) atoms.